The molecule has 1 aliphatic heterocycles. The molecule has 1 atom stereocenters. The molecule has 2 aliphatic rings. The molecule has 4 heteroatoms. The van der Waals surface area contributed by atoms with E-state index in [-0.39, 0.29) is 17.7 Å². The molecular formula is C13H26N2O2. The Morgan fingerprint density at radius 2 is 2.18 bits per heavy atom. The van der Waals surface area contributed by atoms with Gasteiger partial charge in [0.2, 0.25) is 0 Å². The summed E-state index contributed by atoms with van der Waals surface area (Å²) in [6.07, 6.45) is 2.48. The van der Waals surface area contributed by atoms with Crippen molar-refractivity contribution < 1.29 is 9.84 Å². The van der Waals surface area contributed by atoms with Crippen LogP contribution in [0.2, 0.25) is 0 Å². The van der Waals surface area contributed by atoms with Gasteiger partial charge >= 0.3 is 0 Å². The van der Waals surface area contributed by atoms with Crippen LogP contribution in [0.1, 0.15) is 26.7 Å². The van der Waals surface area contributed by atoms with Gasteiger partial charge in [0.15, 0.2) is 0 Å². The maximum absolute atomic E-state index is 9.77. The number of likely N-dealkylation sites (N-methyl/N-ethyl adjacent to an activating group) is 1. The van der Waals surface area contributed by atoms with Crippen LogP contribution in [0.5, 0.6) is 0 Å². The van der Waals surface area contributed by atoms with Crippen molar-refractivity contribution in [2.75, 3.05) is 40.0 Å². The van der Waals surface area contributed by atoms with Gasteiger partial charge in [-0.3, -0.25) is 4.90 Å². The zero-order valence-corrected chi connectivity index (χ0v) is 11.3. The molecule has 4 nitrogen and oxygen atoms in total. The lowest BCUT2D eigenvalue weighted by molar-refractivity contribution is -0.0684. The Balaban J connectivity index is 2.06. The Morgan fingerprint density at radius 1 is 1.47 bits per heavy atom. The molecule has 17 heavy (non-hydrogen) atoms. The Kier molecular flexibility index (Phi) is 3.78. The topological polar surface area (TPSA) is 44.7 Å². The van der Waals surface area contributed by atoms with Crippen molar-refractivity contribution in [3.8, 4) is 0 Å². The molecule has 0 aromatic carbocycles. The highest BCUT2D eigenvalue weighted by molar-refractivity contribution is 5.04. The van der Waals surface area contributed by atoms with E-state index in [1.165, 1.54) is 12.8 Å². The second-order valence-electron chi connectivity index (χ2n) is 6.13. The third-order valence-electron chi connectivity index (χ3n) is 4.43. The van der Waals surface area contributed by atoms with Crippen LogP contribution < -0.4 is 5.32 Å². The van der Waals surface area contributed by atoms with E-state index in [2.05, 4.69) is 24.1 Å². The van der Waals surface area contributed by atoms with Crippen molar-refractivity contribution in [1.82, 2.24) is 10.2 Å². The monoisotopic (exact) mass is 242 g/mol. The van der Waals surface area contributed by atoms with Crippen LogP contribution in [0.4, 0.5) is 0 Å². The summed E-state index contributed by atoms with van der Waals surface area (Å²) in [5.41, 5.74) is -0.0426. The van der Waals surface area contributed by atoms with Crippen LogP contribution in [0.3, 0.4) is 0 Å². The highest BCUT2D eigenvalue weighted by atomic mass is 16.5. The van der Waals surface area contributed by atoms with Gasteiger partial charge < -0.3 is 15.2 Å². The zero-order valence-electron chi connectivity index (χ0n) is 11.3. The van der Waals surface area contributed by atoms with Crippen molar-refractivity contribution in [3.63, 3.8) is 0 Å². The smallest absolute Gasteiger partial charge is 0.0645 e. The number of nitrogens with one attached hydrogen (secondary N) is 1. The fraction of sp³-hybridized carbons (Fsp3) is 1.00. The number of aliphatic hydroxyl groups is 1. The molecule has 0 aromatic rings. The molecule has 2 N–H and O–H groups in total. The lowest BCUT2D eigenvalue weighted by Crippen LogP contribution is -2.63. The summed E-state index contributed by atoms with van der Waals surface area (Å²) in [5, 5.41) is 13.1. The van der Waals surface area contributed by atoms with E-state index < -0.39 is 0 Å². The number of hydrogen-bond donors (Lipinski definition) is 2. The van der Waals surface area contributed by atoms with Crippen molar-refractivity contribution in [3.05, 3.63) is 0 Å². The summed E-state index contributed by atoms with van der Waals surface area (Å²) in [4.78, 5) is 2.46. The summed E-state index contributed by atoms with van der Waals surface area (Å²) in [6, 6.07) is 0. The summed E-state index contributed by atoms with van der Waals surface area (Å²) in [6.45, 7) is 8.13. The first kappa shape index (κ1) is 13.3. The minimum atomic E-state index is -0.116. The number of ether oxygens (including phenoxy) is 1. The van der Waals surface area contributed by atoms with E-state index in [9.17, 15) is 5.11 Å². The molecule has 2 rings (SSSR count). The fourth-order valence-corrected chi connectivity index (χ4v) is 2.83. The molecule has 0 bridgehead atoms. The molecule has 1 saturated carbocycles. The third-order valence-corrected chi connectivity index (χ3v) is 4.43. The first-order valence-electron chi connectivity index (χ1n) is 6.67. The second-order valence-corrected chi connectivity index (χ2v) is 6.13. The minimum Gasteiger partial charge on any atom is -0.394 e. The van der Waals surface area contributed by atoms with Crippen LogP contribution in [-0.2, 0) is 4.74 Å². The van der Waals surface area contributed by atoms with Crippen LogP contribution in [0, 0.1) is 5.92 Å². The number of hydrogen-bond acceptors (Lipinski definition) is 4. The van der Waals surface area contributed by atoms with E-state index in [0.29, 0.717) is 5.92 Å². The number of nitrogens with zero attached hydrogens (tertiary/aromatic N) is 1. The summed E-state index contributed by atoms with van der Waals surface area (Å²) in [5.74, 6) is 0.635. The van der Waals surface area contributed by atoms with E-state index in [4.69, 9.17) is 4.74 Å². The minimum absolute atomic E-state index is 0.0738. The normalized spacial score (nSPS) is 28.9. The summed E-state index contributed by atoms with van der Waals surface area (Å²) < 4.78 is 5.55. The Morgan fingerprint density at radius 3 is 2.65 bits per heavy atom. The van der Waals surface area contributed by atoms with Crippen molar-refractivity contribution in [2.24, 2.45) is 5.92 Å². The average molecular weight is 242 g/mol. The van der Waals surface area contributed by atoms with Gasteiger partial charge in [0.05, 0.1) is 25.4 Å². The Bertz CT molecular complexity index is 260. The Labute approximate surface area is 104 Å². The first-order chi connectivity index (χ1) is 8.04. The van der Waals surface area contributed by atoms with Crippen molar-refractivity contribution >= 4 is 0 Å². The lowest BCUT2D eigenvalue weighted by atomic mass is 9.90. The van der Waals surface area contributed by atoms with E-state index in [1.807, 2.05) is 7.05 Å². The number of rotatable bonds is 5. The molecule has 2 fully saturated rings. The van der Waals surface area contributed by atoms with Crippen molar-refractivity contribution in [1.29, 1.82) is 0 Å². The molecule has 100 valence electrons. The largest absolute Gasteiger partial charge is 0.394 e. The van der Waals surface area contributed by atoms with Gasteiger partial charge in [-0.15, -0.1) is 0 Å². The molecular weight excluding hydrogens is 216 g/mol. The second kappa shape index (κ2) is 4.84. The molecule has 0 amide bonds. The first-order valence-corrected chi connectivity index (χ1v) is 6.67. The molecule has 1 heterocycles. The number of morpholine rings is 1. The maximum atomic E-state index is 9.77. The van der Waals surface area contributed by atoms with E-state index >= 15 is 0 Å². The predicted octanol–water partition coefficient (Wildman–Crippen LogP) is 0.458. The van der Waals surface area contributed by atoms with Crippen LogP contribution in [0.25, 0.3) is 0 Å². The quantitative estimate of drug-likeness (QED) is 0.735. The zero-order chi connectivity index (χ0) is 12.5. The van der Waals surface area contributed by atoms with Gasteiger partial charge in [-0.05, 0) is 39.7 Å². The van der Waals surface area contributed by atoms with Gasteiger partial charge in [0.25, 0.3) is 0 Å². The summed E-state index contributed by atoms with van der Waals surface area (Å²) in [7, 11) is 1.97. The van der Waals surface area contributed by atoms with Crippen LogP contribution in [-0.4, -0.2) is 61.0 Å². The predicted molar refractivity (Wildman–Crippen MR) is 68.1 cm³/mol. The Hall–Kier alpha value is -0.160. The van der Waals surface area contributed by atoms with E-state index in [1.54, 1.807) is 0 Å². The molecule has 1 aliphatic carbocycles. The van der Waals surface area contributed by atoms with Gasteiger partial charge in [-0.25, -0.2) is 0 Å². The summed E-state index contributed by atoms with van der Waals surface area (Å²) >= 11 is 0. The SMILES string of the molecule is CNC(CO)(CN1CCOCC1(C)C)C1CC1. The van der Waals surface area contributed by atoms with Gasteiger partial charge in [-0.2, -0.15) is 0 Å². The molecule has 1 unspecified atom stereocenters. The standard InChI is InChI=1S/C13H26N2O2/c1-12(2)10-17-7-6-15(12)8-13(9-16,14-3)11-4-5-11/h11,14,16H,4-10H2,1-3H3. The van der Waals surface area contributed by atoms with Crippen molar-refractivity contribution in [2.45, 2.75) is 37.8 Å². The van der Waals surface area contributed by atoms with Gasteiger partial charge in [0.1, 0.15) is 0 Å². The molecule has 0 spiro atoms. The number of aliphatic hydroxyl groups excluding tert-OH is 1. The average Bonchev–Trinajstić information content (AvgIpc) is 3.12. The molecule has 1 saturated heterocycles. The fourth-order valence-electron chi connectivity index (χ4n) is 2.83. The maximum Gasteiger partial charge on any atom is 0.0645 e. The van der Waals surface area contributed by atoms with Crippen LogP contribution >= 0.6 is 0 Å². The lowest BCUT2D eigenvalue weighted by Gasteiger charge is -2.47. The molecule has 0 radical (unpaired) electrons. The van der Waals surface area contributed by atoms with Crippen LogP contribution in [0.15, 0.2) is 0 Å². The van der Waals surface area contributed by atoms with E-state index in [0.717, 1.165) is 26.3 Å². The van der Waals surface area contributed by atoms with Gasteiger partial charge in [-0.1, -0.05) is 0 Å². The highest BCUT2D eigenvalue weighted by Gasteiger charge is 2.46. The van der Waals surface area contributed by atoms with Gasteiger partial charge in [0, 0.05) is 18.6 Å². The molecule has 0 aromatic heterocycles. The third kappa shape index (κ3) is 2.65. The highest BCUT2D eigenvalue weighted by Crippen LogP contribution is 2.40.